The van der Waals surface area contributed by atoms with Crippen molar-refractivity contribution in [2.45, 2.75) is 19.9 Å². The minimum Gasteiger partial charge on any atom is -0.462 e. The topological polar surface area (TPSA) is 67.0 Å². The number of aromatic nitrogens is 2. The summed E-state index contributed by atoms with van der Waals surface area (Å²) in [7, 11) is 0. The number of hydrogen-bond donors (Lipinski definition) is 2. The van der Waals surface area contributed by atoms with Gasteiger partial charge in [-0.15, -0.1) is 0 Å². The molecule has 5 nitrogen and oxygen atoms in total. The third kappa shape index (κ3) is 3.85. The Morgan fingerprint density at radius 2 is 1.83 bits per heavy atom. The summed E-state index contributed by atoms with van der Waals surface area (Å²) in [6.07, 6.45) is 1.80. The van der Waals surface area contributed by atoms with E-state index in [-0.39, 0.29) is 12.0 Å². The van der Waals surface area contributed by atoms with Gasteiger partial charge in [-0.3, -0.25) is 4.98 Å². The molecule has 4 rings (SSSR count). The molecule has 0 aliphatic heterocycles. The maximum absolute atomic E-state index is 11.9. The molecule has 0 fully saturated rings. The monoisotopic (exact) mass is 385 g/mol. The van der Waals surface area contributed by atoms with E-state index in [1.807, 2.05) is 42.5 Å². The first-order chi connectivity index (χ1) is 14.2. The molecule has 2 N–H and O–H groups in total. The Morgan fingerprint density at radius 3 is 2.55 bits per heavy atom. The molecule has 0 aliphatic rings. The van der Waals surface area contributed by atoms with Crippen LogP contribution in [0.4, 0.5) is 5.69 Å². The molecule has 146 valence electrons. The Bertz CT molecular complexity index is 1120. The SMILES string of the molecule is CCOC(=O)c1ccc(N[C@@H](c2ccccn2)c2c(C)[nH]c3ccccc23)cc1. The Labute approximate surface area is 169 Å². The van der Waals surface area contributed by atoms with Gasteiger partial charge in [-0.25, -0.2) is 4.79 Å². The van der Waals surface area contributed by atoms with E-state index in [4.69, 9.17) is 4.74 Å². The van der Waals surface area contributed by atoms with E-state index in [1.165, 1.54) is 0 Å². The first-order valence-corrected chi connectivity index (χ1v) is 9.69. The van der Waals surface area contributed by atoms with Crippen molar-refractivity contribution in [3.63, 3.8) is 0 Å². The van der Waals surface area contributed by atoms with Crippen molar-refractivity contribution in [1.29, 1.82) is 0 Å². The molecule has 4 aromatic rings. The zero-order valence-corrected chi connectivity index (χ0v) is 16.5. The van der Waals surface area contributed by atoms with Crippen molar-refractivity contribution in [3.05, 3.63) is 95.4 Å². The van der Waals surface area contributed by atoms with Crippen LogP contribution in [0.5, 0.6) is 0 Å². The van der Waals surface area contributed by atoms with Gasteiger partial charge < -0.3 is 15.0 Å². The molecule has 0 saturated heterocycles. The number of H-pyrrole nitrogens is 1. The molecule has 1 atom stereocenters. The summed E-state index contributed by atoms with van der Waals surface area (Å²) < 4.78 is 5.07. The van der Waals surface area contributed by atoms with Crippen molar-refractivity contribution in [2.24, 2.45) is 0 Å². The number of fused-ring (bicyclic) bond motifs is 1. The molecule has 0 spiro atoms. The van der Waals surface area contributed by atoms with Crippen LogP contribution in [0.25, 0.3) is 10.9 Å². The Kier molecular flexibility index (Phi) is 5.29. The number of esters is 1. The van der Waals surface area contributed by atoms with Gasteiger partial charge in [0, 0.05) is 34.0 Å². The van der Waals surface area contributed by atoms with Gasteiger partial charge in [0.2, 0.25) is 0 Å². The standard InChI is InChI=1S/C24H23N3O2/c1-3-29-24(28)17-11-13-18(14-12-17)27-23(21-10-6-7-15-25-21)22-16(2)26-20-9-5-4-8-19(20)22/h4-15,23,26-27H,3H2,1-2H3/t23-/m0/s1. The van der Waals surface area contributed by atoms with Gasteiger partial charge in [-0.05, 0) is 56.3 Å². The number of nitrogens with zero attached hydrogens (tertiary/aromatic N) is 1. The highest BCUT2D eigenvalue weighted by molar-refractivity contribution is 5.90. The molecule has 0 aliphatic carbocycles. The maximum Gasteiger partial charge on any atom is 0.338 e. The number of carbonyl (C=O) groups is 1. The van der Waals surface area contributed by atoms with E-state index in [1.54, 1.807) is 25.3 Å². The highest BCUT2D eigenvalue weighted by atomic mass is 16.5. The number of benzene rings is 2. The minimum absolute atomic E-state index is 0.138. The Hall–Kier alpha value is -3.60. The number of para-hydroxylation sites is 1. The smallest absolute Gasteiger partial charge is 0.338 e. The van der Waals surface area contributed by atoms with E-state index in [0.717, 1.165) is 33.5 Å². The van der Waals surface area contributed by atoms with Crippen LogP contribution in [0.2, 0.25) is 0 Å². The summed E-state index contributed by atoms with van der Waals surface area (Å²) in [6.45, 7) is 4.24. The molecule has 0 unspecified atom stereocenters. The van der Waals surface area contributed by atoms with Crippen molar-refractivity contribution in [1.82, 2.24) is 9.97 Å². The van der Waals surface area contributed by atoms with Gasteiger partial charge in [-0.1, -0.05) is 24.3 Å². The van der Waals surface area contributed by atoms with Crippen LogP contribution < -0.4 is 5.32 Å². The van der Waals surface area contributed by atoms with Crippen molar-refractivity contribution in [2.75, 3.05) is 11.9 Å². The van der Waals surface area contributed by atoms with Gasteiger partial charge >= 0.3 is 5.97 Å². The van der Waals surface area contributed by atoms with Gasteiger partial charge in [0.15, 0.2) is 0 Å². The molecule has 29 heavy (non-hydrogen) atoms. The van der Waals surface area contributed by atoms with Gasteiger partial charge in [-0.2, -0.15) is 0 Å². The zero-order valence-electron chi connectivity index (χ0n) is 16.5. The molecule has 0 saturated carbocycles. The fourth-order valence-electron chi connectivity index (χ4n) is 3.59. The summed E-state index contributed by atoms with van der Waals surface area (Å²) in [5, 5.41) is 4.76. The van der Waals surface area contributed by atoms with Crippen LogP contribution in [0, 0.1) is 6.92 Å². The average Bonchev–Trinajstić information content (AvgIpc) is 3.09. The van der Waals surface area contributed by atoms with E-state index >= 15 is 0 Å². The maximum atomic E-state index is 11.9. The molecule has 2 aromatic heterocycles. The average molecular weight is 385 g/mol. The molecule has 2 aromatic carbocycles. The lowest BCUT2D eigenvalue weighted by molar-refractivity contribution is 0.0526. The normalized spacial score (nSPS) is 11.9. The van der Waals surface area contributed by atoms with Gasteiger partial charge in [0.05, 0.1) is 23.9 Å². The number of rotatable bonds is 6. The Morgan fingerprint density at radius 1 is 1.07 bits per heavy atom. The van der Waals surface area contributed by atoms with E-state index in [0.29, 0.717) is 12.2 Å². The second-order valence-electron chi connectivity index (χ2n) is 6.84. The van der Waals surface area contributed by atoms with Crippen LogP contribution in [0.1, 0.15) is 40.3 Å². The number of aryl methyl sites for hydroxylation is 1. The Balaban J connectivity index is 1.73. The third-order valence-electron chi connectivity index (χ3n) is 4.92. The molecule has 0 bridgehead atoms. The largest absolute Gasteiger partial charge is 0.462 e. The summed E-state index contributed by atoms with van der Waals surface area (Å²) in [4.78, 5) is 20.0. The van der Waals surface area contributed by atoms with Crippen LogP contribution in [0.3, 0.4) is 0 Å². The predicted molar refractivity (Wildman–Crippen MR) is 115 cm³/mol. The number of carbonyl (C=O) groups excluding carboxylic acids is 1. The molecule has 2 heterocycles. The number of anilines is 1. The number of aromatic amines is 1. The van der Waals surface area contributed by atoms with Crippen LogP contribution in [-0.4, -0.2) is 22.5 Å². The fraction of sp³-hybridized carbons (Fsp3) is 0.167. The molecule has 0 radical (unpaired) electrons. The highest BCUT2D eigenvalue weighted by Crippen LogP contribution is 2.33. The first-order valence-electron chi connectivity index (χ1n) is 9.69. The third-order valence-corrected chi connectivity index (χ3v) is 4.92. The van der Waals surface area contributed by atoms with Gasteiger partial charge in [0.25, 0.3) is 0 Å². The van der Waals surface area contributed by atoms with Crippen LogP contribution in [-0.2, 0) is 4.74 Å². The lowest BCUT2D eigenvalue weighted by atomic mass is 9.99. The quantitative estimate of drug-likeness (QED) is 0.445. The number of pyridine rings is 1. The second-order valence-corrected chi connectivity index (χ2v) is 6.84. The number of ether oxygens (including phenoxy) is 1. The van der Waals surface area contributed by atoms with Crippen molar-refractivity contribution < 1.29 is 9.53 Å². The summed E-state index contributed by atoms with van der Waals surface area (Å²) in [6, 6.07) is 21.4. The summed E-state index contributed by atoms with van der Waals surface area (Å²) in [5.74, 6) is -0.312. The predicted octanol–water partition coefficient (Wildman–Crippen LogP) is 5.25. The summed E-state index contributed by atoms with van der Waals surface area (Å²) in [5.41, 5.74) is 5.72. The number of hydrogen-bond acceptors (Lipinski definition) is 4. The molecule has 5 heteroatoms. The summed E-state index contributed by atoms with van der Waals surface area (Å²) >= 11 is 0. The highest BCUT2D eigenvalue weighted by Gasteiger charge is 2.22. The molecular weight excluding hydrogens is 362 g/mol. The van der Waals surface area contributed by atoms with Crippen molar-refractivity contribution >= 4 is 22.6 Å². The lowest BCUT2D eigenvalue weighted by Gasteiger charge is -2.21. The second kappa shape index (κ2) is 8.19. The minimum atomic E-state index is -0.312. The van der Waals surface area contributed by atoms with E-state index in [2.05, 4.69) is 34.3 Å². The van der Waals surface area contributed by atoms with Gasteiger partial charge in [0.1, 0.15) is 0 Å². The van der Waals surface area contributed by atoms with Crippen molar-refractivity contribution in [3.8, 4) is 0 Å². The zero-order chi connectivity index (χ0) is 20.2. The first kappa shape index (κ1) is 18.7. The molecule has 0 amide bonds. The fourth-order valence-corrected chi connectivity index (χ4v) is 3.59. The molecular formula is C24H23N3O2. The lowest BCUT2D eigenvalue weighted by Crippen LogP contribution is -2.15. The number of nitrogens with one attached hydrogen (secondary N) is 2. The van der Waals surface area contributed by atoms with E-state index < -0.39 is 0 Å². The van der Waals surface area contributed by atoms with Crippen LogP contribution >= 0.6 is 0 Å². The van der Waals surface area contributed by atoms with E-state index in [9.17, 15) is 4.79 Å². The van der Waals surface area contributed by atoms with Crippen LogP contribution in [0.15, 0.2) is 72.9 Å².